The molecule has 142 valence electrons. The fourth-order valence-corrected chi connectivity index (χ4v) is 4.53. The first kappa shape index (κ1) is 18.0. The molecular weight excluding hydrogens is 366 g/mol. The SMILES string of the molecule is CN(C(=O)c1cnn2c1[nH]c(=O)c1ccccc12)C1CC2CCC(C1)N2.Cl. The van der Waals surface area contributed by atoms with Crippen molar-refractivity contribution in [3.8, 4) is 0 Å². The number of piperidine rings is 1. The average Bonchev–Trinajstić information content (AvgIpc) is 3.23. The van der Waals surface area contributed by atoms with Gasteiger partial charge in [0.05, 0.1) is 17.1 Å². The molecule has 5 rings (SSSR count). The van der Waals surface area contributed by atoms with Crippen molar-refractivity contribution in [2.24, 2.45) is 0 Å². The second-order valence-electron chi connectivity index (χ2n) is 7.47. The molecule has 2 bridgehead atoms. The molecule has 3 aromatic rings. The molecule has 7 nitrogen and oxygen atoms in total. The summed E-state index contributed by atoms with van der Waals surface area (Å²) >= 11 is 0. The van der Waals surface area contributed by atoms with Gasteiger partial charge in [-0.25, -0.2) is 4.52 Å². The molecule has 2 aromatic heterocycles. The van der Waals surface area contributed by atoms with E-state index >= 15 is 0 Å². The molecule has 8 heteroatoms. The fraction of sp³-hybridized carbons (Fsp3) is 0.421. The molecule has 4 heterocycles. The van der Waals surface area contributed by atoms with Crippen molar-refractivity contribution in [3.63, 3.8) is 0 Å². The topological polar surface area (TPSA) is 82.5 Å². The van der Waals surface area contributed by atoms with Gasteiger partial charge in [-0.05, 0) is 37.8 Å². The van der Waals surface area contributed by atoms with Gasteiger partial charge in [0.15, 0.2) is 0 Å². The zero-order chi connectivity index (χ0) is 17.8. The number of H-pyrrole nitrogens is 1. The summed E-state index contributed by atoms with van der Waals surface area (Å²) in [6, 6.07) is 8.53. The highest BCUT2D eigenvalue weighted by Gasteiger charge is 2.37. The van der Waals surface area contributed by atoms with E-state index in [1.807, 2.05) is 30.1 Å². The van der Waals surface area contributed by atoms with Crippen molar-refractivity contribution in [2.45, 2.75) is 43.8 Å². The lowest BCUT2D eigenvalue weighted by atomic mass is 9.98. The van der Waals surface area contributed by atoms with Crippen LogP contribution in [0.25, 0.3) is 16.6 Å². The van der Waals surface area contributed by atoms with Crippen LogP contribution in [-0.4, -0.2) is 50.6 Å². The summed E-state index contributed by atoms with van der Waals surface area (Å²) in [6.07, 6.45) is 5.92. The zero-order valence-electron chi connectivity index (χ0n) is 15.0. The number of carbonyl (C=O) groups is 1. The van der Waals surface area contributed by atoms with Crippen LogP contribution in [0.2, 0.25) is 0 Å². The summed E-state index contributed by atoms with van der Waals surface area (Å²) in [5.74, 6) is -0.0859. The summed E-state index contributed by atoms with van der Waals surface area (Å²) in [7, 11) is 1.86. The second kappa shape index (κ2) is 6.65. The van der Waals surface area contributed by atoms with E-state index in [1.165, 1.54) is 12.8 Å². The molecular formula is C19H22ClN5O2. The van der Waals surface area contributed by atoms with E-state index in [-0.39, 0.29) is 29.9 Å². The van der Waals surface area contributed by atoms with Crippen LogP contribution in [0.5, 0.6) is 0 Å². The average molecular weight is 388 g/mol. The van der Waals surface area contributed by atoms with E-state index in [0.717, 1.165) is 12.8 Å². The van der Waals surface area contributed by atoms with Crippen LogP contribution in [0.1, 0.15) is 36.0 Å². The van der Waals surface area contributed by atoms with E-state index in [4.69, 9.17) is 0 Å². The minimum atomic E-state index is -0.204. The molecule has 27 heavy (non-hydrogen) atoms. The quantitative estimate of drug-likeness (QED) is 0.704. The summed E-state index contributed by atoms with van der Waals surface area (Å²) in [4.78, 5) is 30.2. The minimum Gasteiger partial charge on any atom is -0.338 e. The second-order valence-corrected chi connectivity index (χ2v) is 7.47. The minimum absolute atomic E-state index is 0. The molecule has 1 aromatic carbocycles. The third-order valence-electron chi connectivity index (χ3n) is 5.92. The predicted molar refractivity (Wildman–Crippen MR) is 106 cm³/mol. The number of hydrogen-bond acceptors (Lipinski definition) is 4. The van der Waals surface area contributed by atoms with Crippen molar-refractivity contribution in [3.05, 3.63) is 46.4 Å². The van der Waals surface area contributed by atoms with E-state index in [9.17, 15) is 9.59 Å². The molecule has 2 aliphatic rings. The van der Waals surface area contributed by atoms with Gasteiger partial charge in [-0.15, -0.1) is 12.4 Å². The van der Waals surface area contributed by atoms with Gasteiger partial charge in [-0.1, -0.05) is 12.1 Å². The summed E-state index contributed by atoms with van der Waals surface area (Å²) in [5.41, 5.74) is 1.40. The first-order valence-electron chi connectivity index (χ1n) is 9.14. The maximum atomic E-state index is 13.1. The smallest absolute Gasteiger partial charge is 0.259 e. The van der Waals surface area contributed by atoms with Gasteiger partial charge in [-0.3, -0.25) is 9.59 Å². The van der Waals surface area contributed by atoms with Crippen LogP contribution in [0.15, 0.2) is 35.3 Å². The van der Waals surface area contributed by atoms with E-state index < -0.39 is 0 Å². The van der Waals surface area contributed by atoms with Crippen LogP contribution >= 0.6 is 12.4 Å². The number of benzene rings is 1. The number of fused-ring (bicyclic) bond motifs is 5. The van der Waals surface area contributed by atoms with Crippen molar-refractivity contribution >= 4 is 34.9 Å². The number of carbonyl (C=O) groups excluding carboxylic acids is 1. The summed E-state index contributed by atoms with van der Waals surface area (Å²) in [6.45, 7) is 0. The summed E-state index contributed by atoms with van der Waals surface area (Å²) < 4.78 is 1.64. The Hall–Kier alpha value is -2.38. The van der Waals surface area contributed by atoms with Gasteiger partial charge in [0, 0.05) is 25.2 Å². The number of aromatic amines is 1. The summed E-state index contributed by atoms with van der Waals surface area (Å²) in [5, 5.41) is 8.53. The number of halogens is 1. The Kier molecular flexibility index (Phi) is 4.44. The number of rotatable bonds is 2. The molecule has 2 unspecified atom stereocenters. The van der Waals surface area contributed by atoms with Gasteiger partial charge >= 0.3 is 0 Å². The van der Waals surface area contributed by atoms with Crippen molar-refractivity contribution < 1.29 is 4.79 Å². The maximum Gasteiger partial charge on any atom is 0.259 e. The Morgan fingerprint density at radius 1 is 1.22 bits per heavy atom. The first-order chi connectivity index (χ1) is 12.6. The number of nitrogens with one attached hydrogen (secondary N) is 2. The molecule has 0 radical (unpaired) electrons. The van der Waals surface area contributed by atoms with Crippen LogP contribution in [0, 0.1) is 0 Å². The molecule has 2 fully saturated rings. The number of amides is 1. The Balaban J connectivity index is 0.00000180. The van der Waals surface area contributed by atoms with Gasteiger partial charge in [0.1, 0.15) is 11.2 Å². The third kappa shape index (κ3) is 2.82. The first-order valence-corrected chi connectivity index (χ1v) is 9.14. The molecule has 0 saturated carbocycles. The van der Waals surface area contributed by atoms with Crippen LogP contribution in [0.3, 0.4) is 0 Å². The van der Waals surface area contributed by atoms with Gasteiger partial charge in [0.2, 0.25) is 0 Å². The van der Waals surface area contributed by atoms with E-state index in [2.05, 4.69) is 15.4 Å². The van der Waals surface area contributed by atoms with Gasteiger partial charge in [-0.2, -0.15) is 5.10 Å². The normalized spacial score (nSPS) is 24.1. The number of para-hydroxylation sites is 1. The largest absolute Gasteiger partial charge is 0.338 e. The highest BCUT2D eigenvalue weighted by atomic mass is 35.5. The van der Waals surface area contributed by atoms with Gasteiger partial charge < -0.3 is 15.2 Å². The molecule has 0 aliphatic carbocycles. The van der Waals surface area contributed by atoms with E-state index in [0.29, 0.717) is 34.2 Å². The zero-order valence-corrected chi connectivity index (χ0v) is 15.8. The molecule has 2 saturated heterocycles. The van der Waals surface area contributed by atoms with Crippen LogP contribution in [-0.2, 0) is 0 Å². The van der Waals surface area contributed by atoms with Gasteiger partial charge in [0.25, 0.3) is 11.5 Å². The lowest BCUT2D eigenvalue weighted by Crippen LogP contribution is -2.48. The Labute approximate surface area is 162 Å². The Morgan fingerprint density at radius 2 is 1.93 bits per heavy atom. The molecule has 2 aliphatic heterocycles. The standard InChI is InChI=1S/C19H21N5O2.ClH/c1-23(13-8-11-6-7-12(9-13)21-11)19(26)15-10-20-24-16-5-3-2-4-14(16)18(25)22-17(15)24;/h2-5,10-13,21H,6-9H2,1H3,(H,22,25);1H. The van der Waals surface area contributed by atoms with Crippen LogP contribution in [0.4, 0.5) is 0 Å². The Morgan fingerprint density at radius 3 is 2.67 bits per heavy atom. The molecule has 2 N–H and O–H groups in total. The highest BCUT2D eigenvalue weighted by molar-refractivity contribution is 6.00. The monoisotopic (exact) mass is 387 g/mol. The molecule has 0 spiro atoms. The number of aromatic nitrogens is 3. The highest BCUT2D eigenvalue weighted by Crippen LogP contribution is 2.30. The maximum absolute atomic E-state index is 13.1. The van der Waals surface area contributed by atoms with Crippen molar-refractivity contribution in [2.75, 3.05) is 7.05 Å². The van der Waals surface area contributed by atoms with Crippen molar-refractivity contribution in [1.29, 1.82) is 0 Å². The van der Waals surface area contributed by atoms with Crippen molar-refractivity contribution in [1.82, 2.24) is 24.8 Å². The van der Waals surface area contributed by atoms with Crippen LogP contribution < -0.4 is 10.9 Å². The van der Waals surface area contributed by atoms with E-state index in [1.54, 1.807) is 16.8 Å². The molecule has 2 atom stereocenters. The fourth-order valence-electron chi connectivity index (χ4n) is 4.53. The third-order valence-corrected chi connectivity index (χ3v) is 5.92. The molecule has 1 amide bonds. The number of hydrogen-bond donors (Lipinski definition) is 2. The number of nitrogens with zero attached hydrogens (tertiary/aromatic N) is 3. The predicted octanol–water partition coefficient (Wildman–Crippen LogP) is 1.95. The lowest BCUT2D eigenvalue weighted by molar-refractivity contribution is 0.0683. The Bertz CT molecular complexity index is 1060. The lowest BCUT2D eigenvalue weighted by Gasteiger charge is -2.35.